The van der Waals surface area contributed by atoms with Crippen LogP contribution in [0.1, 0.15) is 84.3 Å². The number of ketones is 1. The number of nitrogens with one attached hydrogen (secondary N) is 2. The largest absolute Gasteiger partial charge is 0.444 e. The number of hydrogen-bond donors (Lipinski definition) is 2. The van der Waals surface area contributed by atoms with Crippen LogP contribution in [0.4, 0.5) is 18.8 Å². The number of carbonyl (C=O) groups is 6. The smallest absolute Gasteiger partial charge is 0.410 e. The molecule has 2 N–H and O–H groups in total. The molecule has 5 atom stereocenters. The first-order chi connectivity index (χ1) is 25.3. The molecule has 4 aliphatic rings. The molecule has 54 heavy (non-hydrogen) atoms. The molecule has 0 spiro atoms. The molecule has 2 unspecified atom stereocenters. The van der Waals surface area contributed by atoms with Gasteiger partial charge in [-0.2, -0.15) is 0 Å². The van der Waals surface area contributed by atoms with E-state index >= 15 is 0 Å². The molecule has 5 rings (SSSR count). The fourth-order valence-corrected chi connectivity index (χ4v) is 7.90. The minimum absolute atomic E-state index is 0.0613. The van der Waals surface area contributed by atoms with Gasteiger partial charge in [0.1, 0.15) is 29.6 Å². The van der Waals surface area contributed by atoms with E-state index in [2.05, 4.69) is 11.9 Å². The molecule has 3 fully saturated rings. The fourth-order valence-electron chi connectivity index (χ4n) is 6.63. The lowest BCUT2D eigenvalue weighted by Crippen LogP contribution is -2.57. The van der Waals surface area contributed by atoms with Crippen molar-refractivity contribution in [1.82, 2.24) is 24.7 Å². The first-order valence-corrected chi connectivity index (χ1v) is 19.5. The highest BCUT2D eigenvalue weighted by Gasteiger charge is 2.53. The van der Waals surface area contributed by atoms with Crippen LogP contribution in [0.5, 0.6) is 0 Å². The Morgan fingerprint density at radius 1 is 1.09 bits per heavy atom. The number of urea groups is 1. The Morgan fingerprint density at radius 3 is 2.39 bits per heavy atom. The minimum Gasteiger partial charge on any atom is -0.444 e. The second-order valence-corrected chi connectivity index (χ2v) is 17.4. The SMILES string of the molecule is C=CC1CC1N(C(=O)NS(=O)(=O)C1CC1)C(=O)[C@@H]1C[C@@H](OC(=O)N2Cc3cccc(F)c3C2)CN1C(=O)[C@H](CCC(=O)C=C(C)C)NC(=O)OC(C)(C)C. The van der Waals surface area contributed by atoms with E-state index < -0.39 is 81.0 Å². The van der Waals surface area contributed by atoms with Gasteiger partial charge in [0.25, 0.3) is 5.91 Å². The zero-order chi connectivity index (χ0) is 39.7. The lowest BCUT2D eigenvalue weighted by Gasteiger charge is -2.32. The van der Waals surface area contributed by atoms with Crippen molar-refractivity contribution in [2.75, 3.05) is 6.54 Å². The number of alkyl carbamates (subject to hydrolysis) is 1. The van der Waals surface area contributed by atoms with Gasteiger partial charge in [-0.15, -0.1) is 6.58 Å². The Bertz CT molecular complexity index is 1850. The number of hydrogen-bond acceptors (Lipinski definition) is 10. The summed E-state index contributed by atoms with van der Waals surface area (Å²) in [5, 5.41) is 1.75. The Balaban J connectivity index is 1.43. The van der Waals surface area contributed by atoms with E-state index in [0.717, 1.165) is 15.4 Å². The molecule has 0 aromatic heterocycles. The molecule has 6 amide bonds. The summed E-state index contributed by atoms with van der Waals surface area (Å²) in [5.74, 6) is -2.86. The van der Waals surface area contributed by atoms with Gasteiger partial charge in [-0.3, -0.25) is 24.2 Å². The molecule has 1 aromatic carbocycles. The van der Waals surface area contributed by atoms with Gasteiger partial charge < -0.3 is 19.7 Å². The summed E-state index contributed by atoms with van der Waals surface area (Å²) in [7, 11) is -4.08. The van der Waals surface area contributed by atoms with Gasteiger partial charge in [0.2, 0.25) is 15.9 Å². The third-order valence-electron chi connectivity index (χ3n) is 9.49. The van der Waals surface area contributed by atoms with E-state index in [4.69, 9.17) is 9.47 Å². The van der Waals surface area contributed by atoms with Crippen LogP contribution in [0.3, 0.4) is 0 Å². The quantitative estimate of drug-likeness (QED) is 0.232. The minimum atomic E-state index is -4.08. The molecule has 0 bridgehead atoms. The summed E-state index contributed by atoms with van der Waals surface area (Å²) in [6.45, 7) is 11.7. The predicted octanol–water partition coefficient (Wildman–Crippen LogP) is 4.06. The number of amides is 6. The van der Waals surface area contributed by atoms with Crippen LogP contribution in [-0.2, 0) is 47.0 Å². The number of imide groups is 1. The summed E-state index contributed by atoms with van der Waals surface area (Å²) in [5.41, 5.74) is 0.723. The Hall–Kier alpha value is -4.80. The van der Waals surface area contributed by atoms with E-state index in [1.165, 1.54) is 29.2 Å². The maximum absolute atomic E-state index is 14.5. The Labute approximate surface area is 314 Å². The highest BCUT2D eigenvalue weighted by Crippen LogP contribution is 2.39. The average Bonchev–Trinajstić information content (AvgIpc) is 3.98. The second kappa shape index (κ2) is 15.9. The lowest BCUT2D eigenvalue weighted by molar-refractivity contribution is -0.143. The third-order valence-corrected chi connectivity index (χ3v) is 11.3. The van der Waals surface area contributed by atoms with Crippen molar-refractivity contribution in [3.8, 4) is 0 Å². The van der Waals surface area contributed by atoms with Crippen LogP contribution in [0, 0.1) is 11.7 Å². The monoisotopic (exact) mass is 773 g/mol. The van der Waals surface area contributed by atoms with Gasteiger partial charge in [-0.1, -0.05) is 23.8 Å². The van der Waals surface area contributed by atoms with Crippen molar-refractivity contribution in [3.63, 3.8) is 0 Å². The Kier molecular flexibility index (Phi) is 11.9. The van der Waals surface area contributed by atoms with E-state index in [9.17, 15) is 41.6 Å². The van der Waals surface area contributed by atoms with Crippen LogP contribution >= 0.6 is 0 Å². The highest BCUT2D eigenvalue weighted by atomic mass is 32.2. The lowest BCUT2D eigenvalue weighted by atomic mass is 10.1. The molecular formula is C37H48FN5O10S. The standard InChI is InChI=1S/C37H48FN5O10S/c1-7-22-16-30(22)43(34(47)40-54(50,51)26-12-13-26)33(46)31-17-25(52-36(49)41-18-23-9-8-10-28(38)27(23)20-41)19-42(31)32(45)29(14-11-24(44)15-21(2)3)39-35(48)53-37(4,5)6/h7-10,15,22,25-26,29-31H,1,11-14,16-20H2,2-6H3,(H,39,48)(H,40,47)/t22?,25-,29+,30?,31+/m1/s1. The molecule has 0 radical (unpaired) electrons. The normalized spacial score (nSPS) is 22.3. The first kappa shape index (κ1) is 40.4. The van der Waals surface area contributed by atoms with Crippen LogP contribution in [0.2, 0.25) is 0 Å². The van der Waals surface area contributed by atoms with Gasteiger partial charge in [-0.25, -0.2) is 31.9 Å². The van der Waals surface area contributed by atoms with E-state index in [0.29, 0.717) is 30.4 Å². The summed E-state index contributed by atoms with van der Waals surface area (Å²) >= 11 is 0. The van der Waals surface area contributed by atoms with Crippen molar-refractivity contribution >= 4 is 45.8 Å². The number of benzene rings is 1. The van der Waals surface area contributed by atoms with Crippen LogP contribution in [0.25, 0.3) is 0 Å². The van der Waals surface area contributed by atoms with Crippen molar-refractivity contribution in [2.45, 2.75) is 121 Å². The van der Waals surface area contributed by atoms with Gasteiger partial charge in [0.15, 0.2) is 5.78 Å². The number of likely N-dealkylation sites (tertiary alicyclic amines) is 1. The van der Waals surface area contributed by atoms with Gasteiger partial charge >= 0.3 is 18.2 Å². The number of sulfonamides is 1. The summed E-state index contributed by atoms with van der Waals surface area (Å²) < 4.78 is 53.2. The number of allylic oxidation sites excluding steroid dienone is 2. The molecule has 1 saturated heterocycles. The number of rotatable bonds is 12. The predicted molar refractivity (Wildman–Crippen MR) is 192 cm³/mol. The zero-order valence-electron chi connectivity index (χ0n) is 31.1. The number of carbonyl (C=O) groups excluding carboxylic acids is 6. The molecule has 294 valence electrons. The number of halogens is 1. The maximum atomic E-state index is 14.5. The summed E-state index contributed by atoms with van der Waals surface area (Å²) in [6.07, 6.45) is 0.450. The highest BCUT2D eigenvalue weighted by molar-refractivity contribution is 7.90. The van der Waals surface area contributed by atoms with Crippen molar-refractivity contribution < 1.29 is 51.0 Å². The van der Waals surface area contributed by atoms with Crippen LogP contribution in [0.15, 0.2) is 42.5 Å². The number of nitrogens with zero attached hydrogens (tertiary/aromatic N) is 3. The molecule has 2 heterocycles. The second-order valence-electron chi connectivity index (χ2n) is 15.5. The summed E-state index contributed by atoms with van der Waals surface area (Å²) in [4.78, 5) is 84.7. The summed E-state index contributed by atoms with van der Waals surface area (Å²) in [6, 6.07) is -0.277. The van der Waals surface area contributed by atoms with E-state index in [1.54, 1.807) is 40.7 Å². The molecule has 2 saturated carbocycles. The third kappa shape index (κ3) is 9.84. The topological polar surface area (TPSA) is 189 Å². The van der Waals surface area contributed by atoms with E-state index in [-0.39, 0.29) is 50.6 Å². The van der Waals surface area contributed by atoms with Gasteiger partial charge in [0.05, 0.1) is 18.3 Å². The van der Waals surface area contributed by atoms with Crippen molar-refractivity contribution in [2.24, 2.45) is 5.92 Å². The number of ether oxygens (including phenoxy) is 2. The van der Waals surface area contributed by atoms with Crippen LogP contribution in [-0.4, -0.2) is 101 Å². The number of fused-ring (bicyclic) bond motifs is 1. The molecule has 1 aromatic rings. The van der Waals surface area contributed by atoms with E-state index in [1.807, 2.05) is 4.72 Å². The van der Waals surface area contributed by atoms with Gasteiger partial charge in [-0.05, 0) is 83.9 Å². The Morgan fingerprint density at radius 2 is 1.80 bits per heavy atom. The first-order valence-electron chi connectivity index (χ1n) is 18.0. The molecule has 2 aliphatic carbocycles. The zero-order valence-corrected chi connectivity index (χ0v) is 31.9. The fraction of sp³-hybridized carbons (Fsp3) is 0.568. The molecule has 2 aliphatic heterocycles. The van der Waals surface area contributed by atoms with Crippen LogP contribution < -0.4 is 10.0 Å². The molecular weight excluding hydrogens is 725 g/mol. The average molecular weight is 774 g/mol. The molecule has 17 heteroatoms. The van der Waals surface area contributed by atoms with Crippen molar-refractivity contribution in [1.29, 1.82) is 0 Å². The van der Waals surface area contributed by atoms with Gasteiger partial charge in [0, 0.05) is 31.0 Å². The van der Waals surface area contributed by atoms with Crippen molar-refractivity contribution in [3.05, 3.63) is 59.4 Å². The maximum Gasteiger partial charge on any atom is 0.410 e. The molecule has 15 nitrogen and oxygen atoms in total.